The Bertz CT molecular complexity index is 1190. The summed E-state index contributed by atoms with van der Waals surface area (Å²) in [7, 11) is 4.43. The Hall–Kier alpha value is -3.21. The van der Waals surface area contributed by atoms with E-state index in [2.05, 4.69) is 92.0 Å². The number of carbonyl (C=O) groups excluding carboxylic acids is 1. The van der Waals surface area contributed by atoms with Gasteiger partial charge >= 0.3 is 0 Å². The quantitative estimate of drug-likeness (QED) is 0.248. The SMILES string of the molecule is C=C(C)c1ccc(C(=O)C(C)C)cc1.CCC(Cc1ccccc1)(Cc1ccc(N2CCOCC2)cc1)N(C)C. The molecule has 1 unspecified atom stereocenters. The van der Waals surface area contributed by atoms with Crippen LogP contribution in [0.1, 0.15) is 61.2 Å². The van der Waals surface area contributed by atoms with Gasteiger partial charge in [-0.2, -0.15) is 0 Å². The number of rotatable bonds is 10. The summed E-state index contributed by atoms with van der Waals surface area (Å²) in [4.78, 5) is 16.4. The summed E-state index contributed by atoms with van der Waals surface area (Å²) in [6, 6.07) is 27.7. The average Bonchev–Trinajstić information content (AvgIpc) is 2.98. The molecule has 4 nitrogen and oxygen atoms in total. The molecular weight excluding hydrogens is 492 g/mol. The maximum absolute atomic E-state index is 11.6. The molecule has 1 fully saturated rings. The lowest BCUT2D eigenvalue weighted by Crippen LogP contribution is -2.47. The first kappa shape index (κ1) is 31.3. The second-order valence-electron chi connectivity index (χ2n) is 11.5. The van der Waals surface area contributed by atoms with Crippen molar-refractivity contribution in [1.82, 2.24) is 4.90 Å². The van der Waals surface area contributed by atoms with Crippen LogP contribution in [-0.2, 0) is 17.6 Å². The second-order valence-corrected chi connectivity index (χ2v) is 11.5. The van der Waals surface area contributed by atoms with E-state index in [4.69, 9.17) is 4.74 Å². The number of hydrogen-bond donors (Lipinski definition) is 0. The molecule has 0 spiro atoms. The zero-order chi connectivity index (χ0) is 29.1. The Labute approximate surface area is 242 Å². The molecule has 0 N–H and O–H groups in total. The van der Waals surface area contributed by atoms with Crippen LogP contribution in [-0.4, -0.2) is 56.6 Å². The highest BCUT2D eigenvalue weighted by Gasteiger charge is 2.31. The van der Waals surface area contributed by atoms with Gasteiger partial charge in [0.05, 0.1) is 13.2 Å². The predicted octanol–water partition coefficient (Wildman–Crippen LogP) is 7.58. The molecule has 0 amide bonds. The number of carbonyl (C=O) groups is 1. The fourth-order valence-corrected chi connectivity index (χ4v) is 5.20. The highest BCUT2D eigenvalue weighted by Crippen LogP contribution is 2.28. The maximum atomic E-state index is 11.6. The number of ether oxygens (including phenoxy) is 1. The highest BCUT2D eigenvalue weighted by molar-refractivity contribution is 5.97. The van der Waals surface area contributed by atoms with E-state index in [9.17, 15) is 4.79 Å². The summed E-state index contributed by atoms with van der Waals surface area (Å²) in [6.07, 6.45) is 3.26. The number of ketones is 1. The Morgan fingerprint density at radius 2 is 1.40 bits per heavy atom. The molecule has 0 bridgehead atoms. The Morgan fingerprint density at radius 3 is 1.88 bits per heavy atom. The first-order valence-electron chi connectivity index (χ1n) is 14.6. The third-order valence-electron chi connectivity index (χ3n) is 8.02. The van der Waals surface area contributed by atoms with Gasteiger partial charge in [0.1, 0.15) is 0 Å². The first-order valence-corrected chi connectivity index (χ1v) is 14.6. The standard InChI is InChI=1S/C23H32N2O.C13H16O/c1-4-23(24(2)3,18-20-8-6-5-7-9-20)19-21-10-12-22(13-11-21)25-14-16-26-17-15-25;1-9(2)11-5-7-12(8-6-11)13(14)10(3)4/h5-13H,4,14-19H2,1-3H3;5-8,10H,1H2,2-4H3. The van der Waals surface area contributed by atoms with Gasteiger partial charge in [0.15, 0.2) is 5.78 Å². The molecule has 4 rings (SSSR count). The summed E-state index contributed by atoms with van der Waals surface area (Å²) in [5.74, 6) is 0.254. The van der Waals surface area contributed by atoms with Crippen molar-refractivity contribution < 1.29 is 9.53 Å². The van der Waals surface area contributed by atoms with Crippen LogP contribution in [0.25, 0.3) is 5.57 Å². The minimum absolute atomic E-state index is 0.0608. The van der Waals surface area contributed by atoms with Crippen molar-refractivity contribution in [3.63, 3.8) is 0 Å². The van der Waals surface area contributed by atoms with Crippen molar-refractivity contribution in [1.29, 1.82) is 0 Å². The van der Waals surface area contributed by atoms with Gasteiger partial charge in [-0.05, 0) is 69.1 Å². The van der Waals surface area contributed by atoms with Crippen LogP contribution in [0.2, 0.25) is 0 Å². The summed E-state index contributed by atoms with van der Waals surface area (Å²) >= 11 is 0. The second kappa shape index (κ2) is 15.0. The molecule has 0 radical (unpaired) electrons. The van der Waals surface area contributed by atoms with Gasteiger partial charge < -0.3 is 14.5 Å². The van der Waals surface area contributed by atoms with Crippen LogP contribution < -0.4 is 4.90 Å². The Balaban J connectivity index is 0.000000267. The third kappa shape index (κ3) is 8.64. The van der Waals surface area contributed by atoms with Crippen molar-refractivity contribution in [3.8, 4) is 0 Å². The number of allylic oxidation sites excluding steroid dienone is 1. The van der Waals surface area contributed by atoms with E-state index in [0.29, 0.717) is 0 Å². The van der Waals surface area contributed by atoms with Gasteiger partial charge in [-0.15, -0.1) is 0 Å². The van der Waals surface area contributed by atoms with Crippen LogP contribution in [0.15, 0.2) is 85.4 Å². The molecular formula is C36H48N2O2. The largest absolute Gasteiger partial charge is 0.378 e. The predicted molar refractivity (Wildman–Crippen MR) is 170 cm³/mol. The monoisotopic (exact) mass is 540 g/mol. The number of Topliss-reactive ketones (excluding diaryl/α,β-unsaturated/α-hetero) is 1. The lowest BCUT2D eigenvalue weighted by atomic mass is 9.81. The summed E-state index contributed by atoms with van der Waals surface area (Å²) in [6.45, 7) is 15.6. The van der Waals surface area contributed by atoms with Crippen molar-refractivity contribution in [3.05, 3.63) is 108 Å². The Kier molecular flexibility index (Phi) is 11.7. The van der Waals surface area contributed by atoms with E-state index in [-0.39, 0.29) is 17.2 Å². The number of nitrogens with zero attached hydrogens (tertiary/aromatic N) is 2. The molecule has 1 atom stereocenters. The van der Waals surface area contributed by atoms with Crippen LogP contribution in [0.5, 0.6) is 0 Å². The smallest absolute Gasteiger partial charge is 0.165 e. The number of morpholine rings is 1. The molecule has 4 heteroatoms. The van der Waals surface area contributed by atoms with Crippen LogP contribution in [0, 0.1) is 5.92 Å². The molecule has 3 aromatic carbocycles. The van der Waals surface area contributed by atoms with Gasteiger partial charge in [0.2, 0.25) is 0 Å². The van der Waals surface area contributed by atoms with Gasteiger partial charge in [0.25, 0.3) is 0 Å². The maximum Gasteiger partial charge on any atom is 0.165 e. The van der Waals surface area contributed by atoms with Gasteiger partial charge in [0, 0.05) is 35.8 Å². The minimum Gasteiger partial charge on any atom is -0.378 e. The lowest BCUT2D eigenvalue weighted by Gasteiger charge is -2.40. The molecule has 3 aromatic rings. The molecule has 0 aliphatic carbocycles. The minimum atomic E-state index is 0.0608. The highest BCUT2D eigenvalue weighted by atomic mass is 16.5. The molecule has 1 aliphatic rings. The number of likely N-dealkylation sites (N-methyl/N-ethyl adjacent to an activating group) is 1. The van der Waals surface area contributed by atoms with E-state index in [1.165, 1.54) is 16.8 Å². The number of benzene rings is 3. The summed E-state index contributed by atoms with van der Waals surface area (Å²) in [5, 5.41) is 0. The van der Waals surface area contributed by atoms with E-state index < -0.39 is 0 Å². The van der Waals surface area contributed by atoms with Crippen molar-refractivity contribution in [2.75, 3.05) is 45.3 Å². The van der Waals surface area contributed by atoms with Crippen molar-refractivity contribution in [2.45, 2.75) is 52.5 Å². The van der Waals surface area contributed by atoms with Gasteiger partial charge in [-0.1, -0.05) is 99.7 Å². The first-order chi connectivity index (χ1) is 19.1. The van der Waals surface area contributed by atoms with E-state index >= 15 is 0 Å². The molecule has 1 aliphatic heterocycles. The van der Waals surface area contributed by atoms with Crippen molar-refractivity contribution >= 4 is 17.0 Å². The molecule has 1 heterocycles. The van der Waals surface area contributed by atoms with Crippen molar-refractivity contribution in [2.24, 2.45) is 5.92 Å². The normalized spacial score (nSPS) is 14.8. The van der Waals surface area contributed by atoms with Gasteiger partial charge in [-0.3, -0.25) is 4.79 Å². The zero-order valence-corrected chi connectivity index (χ0v) is 25.5. The van der Waals surface area contributed by atoms with Crippen LogP contribution >= 0.6 is 0 Å². The molecule has 0 saturated carbocycles. The molecule has 214 valence electrons. The molecule has 0 aromatic heterocycles. The van der Waals surface area contributed by atoms with Crippen LogP contribution in [0.4, 0.5) is 5.69 Å². The lowest BCUT2D eigenvalue weighted by molar-refractivity contribution is 0.0939. The summed E-state index contributed by atoms with van der Waals surface area (Å²) in [5.41, 5.74) is 7.17. The summed E-state index contributed by atoms with van der Waals surface area (Å²) < 4.78 is 5.46. The Morgan fingerprint density at radius 1 is 0.875 bits per heavy atom. The zero-order valence-electron chi connectivity index (χ0n) is 25.5. The third-order valence-corrected chi connectivity index (χ3v) is 8.02. The number of anilines is 1. The molecule has 1 saturated heterocycles. The molecule has 40 heavy (non-hydrogen) atoms. The van der Waals surface area contributed by atoms with E-state index in [1.807, 2.05) is 45.0 Å². The van der Waals surface area contributed by atoms with E-state index in [1.54, 1.807) is 0 Å². The van der Waals surface area contributed by atoms with Crippen LogP contribution in [0.3, 0.4) is 0 Å². The number of hydrogen-bond acceptors (Lipinski definition) is 4. The topological polar surface area (TPSA) is 32.8 Å². The fraction of sp³-hybridized carbons (Fsp3) is 0.417. The average molecular weight is 541 g/mol. The van der Waals surface area contributed by atoms with Gasteiger partial charge in [-0.25, -0.2) is 0 Å². The van der Waals surface area contributed by atoms with E-state index in [0.717, 1.165) is 62.3 Å². The fourth-order valence-electron chi connectivity index (χ4n) is 5.20.